The lowest BCUT2D eigenvalue weighted by atomic mass is 10.1. The highest BCUT2D eigenvalue weighted by molar-refractivity contribution is 4.77. The average molecular weight is 256 g/mol. The van der Waals surface area contributed by atoms with Gasteiger partial charge in [-0.15, -0.1) is 0 Å². The first-order chi connectivity index (χ1) is 8.80. The van der Waals surface area contributed by atoms with Gasteiger partial charge in [-0.2, -0.15) is 0 Å². The highest BCUT2D eigenvalue weighted by atomic mass is 16.5. The Kier molecular flexibility index (Phi) is 8.64. The number of likely N-dealkylation sites (N-methyl/N-ethyl adjacent to an activating group) is 1. The van der Waals surface area contributed by atoms with E-state index < -0.39 is 0 Å². The van der Waals surface area contributed by atoms with Gasteiger partial charge in [-0.3, -0.25) is 0 Å². The molecule has 1 aliphatic rings. The normalized spacial score (nSPS) is 24.0. The molecule has 1 rings (SSSR count). The summed E-state index contributed by atoms with van der Waals surface area (Å²) in [7, 11) is 2.01. The third-order valence-electron chi connectivity index (χ3n) is 3.74. The molecule has 2 atom stereocenters. The van der Waals surface area contributed by atoms with Crippen molar-refractivity contribution in [2.24, 2.45) is 0 Å². The summed E-state index contributed by atoms with van der Waals surface area (Å²) < 4.78 is 6.09. The first-order valence-electron chi connectivity index (χ1n) is 7.82. The molecule has 108 valence electrons. The van der Waals surface area contributed by atoms with Crippen LogP contribution in [0.5, 0.6) is 0 Å². The lowest BCUT2D eigenvalue weighted by molar-refractivity contribution is 0.0236. The molecule has 1 fully saturated rings. The number of ether oxygens (including phenoxy) is 1. The molecule has 0 bridgehead atoms. The van der Waals surface area contributed by atoms with Gasteiger partial charge in [0.1, 0.15) is 0 Å². The first kappa shape index (κ1) is 15.9. The second kappa shape index (κ2) is 9.76. The van der Waals surface area contributed by atoms with Crippen LogP contribution >= 0.6 is 0 Å². The molecular weight excluding hydrogens is 224 g/mol. The maximum atomic E-state index is 6.09. The van der Waals surface area contributed by atoms with E-state index in [0.717, 1.165) is 13.1 Å². The largest absolute Gasteiger partial charge is 0.372 e. The van der Waals surface area contributed by atoms with Gasteiger partial charge in [0.25, 0.3) is 0 Å². The van der Waals surface area contributed by atoms with Gasteiger partial charge in [0.2, 0.25) is 0 Å². The fraction of sp³-hybridized carbons (Fsp3) is 1.00. The van der Waals surface area contributed by atoms with Gasteiger partial charge in [-0.1, -0.05) is 26.7 Å². The van der Waals surface area contributed by atoms with Gasteiger partial charge in [0.05, 0.1) is 12.2 Å². The second-order valence-corrected chi connectivity index (χ2v) is 5.52. The molecule has 1 N–H and O–H groups in total. The van der Waals surface area contributed by atoms with Crippen LogP contribution in [-0.2, 0) is 4.74 Å². The van der Waals surface area contributed by atoms with Gasteiger partial charge >= 0.3 is 0 Å². The van der Waals surface area contributed by atoms with Gasteiger partial charge in [0, 0.05) is 13.1 Å². The van der Waals surface area contributed by atoms with Gasteiger partial charge < -0.3 is 15.0 Å². The predicted molar refractivity (Wildman–Crippen MR) is 78.1 cm³/mol. The molecule has 1 saturated heterocycles. The molecule has 3 nitrogen and oxygen atoms in total. The zero-order valence-corrected chi connectivity index (χ0v) is 12.6. The fourth-order valence-corrected chi connectivity index (χ4v) is 2.64. The molecule has 2 unspecified atom stereocenters. The van der Waals surface area contributed by atoms with Crippen molar-refractivity contribution < 1.29 is 4.74 Å². The molecule has 18 heavy (non-hydrogen) atoms. The molecule has 0 aromatic rings. The number of unbranched alkanes of at least 4 members (excludes halogenated alkanes) is 2. The number of hydrogen-bond acceptors (Lipinski definition) is 3. The second-order valence-electron chi connectivity index (χ2n) is 5.52. The SMILES string of the molecule is CCCCN(CCCC)CC1CCC(CNC)O1. The summed E-state index contributed by atoms with van der Waals surface area (Å²) in [5.74, 6) is 0. The third-order valence-corrected chi connectivity index (χ3v) is 3.74. The topological polar surface area (TPSA) is 24.5 Å². The van der Waals surface area contributed by atoms with Crippen LogP contribution in [0.15, 0.2) is 0 Å². The number of hydrogen-bond donors (Lipinski definition) is 1. The Labute approximate surface area is 113 Å². The summed E-state index contributed by atoms with van der Waals surface area (Å²) in [6.45, 7) is 9.17. The monoisotopic (exact) mass is 256 g/mol. The highest BCUT2D eigenvalue weighted by Gasteiger charge is 2.25. The van der Waals surface area contributed by atoms with Crippen molar-refractivity contribution >= 4 is 0 Å². The Morgan fingerprint density at radius 1 is 1.06 bits per heavy atom. The molecule has 0 saturated carbocycles. The van der Waals surface area contributed by atoms with Crippen LogP contribution in [0.25, 0.3) is 0 Å². The van der Waals surface area contributed by atoms with Crippen molar-refractivity contribution in [3.63, 3.8) is 0 Å². The smallest absolute Gasteiger partial charge is 0.0707 e. The fourth-order valence-electron chi connectivity index (χ4n) is 2.64. The molecule has 0 aliphatic carbocycles. The first-order valence-corrected chi connectivity index (χ1v) is 7.82. The molecular formula is C15H32N2O. The average Bonchev–Trinajstić information content (AvgIpc) is 2.80. The van der Waals surface area contributed by atoms with Crippen molar-refractivity contribution in [3.05, 3.63) is 0 Å². The van der Waals surface area contributed by atoms with E-state index in [2.05, 4.69) is 24.1 Å². The van der Waals surface area contributed by atoms with Crippen molar-refractivity contribution in [3.8, 4) is 0 Å². The zero-order valence-electron chi connectivity index (χ0n) is 12.6. The Balaban J connectivity index is 2.26. The third kappa shape index (κ3) is 6.17. The maximum Gasteiger partial charge on any atom is 0.0707 e. The lowest BCUT2D eigenvalue weighted by Crippen LogP contribution is -2.35. The van der Waals surface area contributed by atoms with Crippen LogP contribution in [0.4, 0.5) is 0 Å². The Bertz CT molecular complexity index is 191. The number of nitrogens with one attached hydrogen (secondary N) is 1. The maximum absolute atomic E-state index is 6.09. The molecule has 3 heteroatoms. The van der Waals surface area contributed by atoms with E-state index in [1.54, 1.807) is 0 Å². The Morgan fingerprint density at radius 3 is 2.22 bits per heavy atom. The van der Waals surface area contributed by atoms with Gasteiger partial charge in [-0.25, -0.2) is 0 Å². The summed E-state index contributed by atoms with van der Waals surface area (Å²) >= 11 is 0. The predicted octanol–water partition coefficient (Wildman–Crippen LogP) is 2.66. The minimum atomic E-state index is 0.444. The van der Waals surface area contributed by atoms with Crippen molar-refractivity contribution in [2.75, 3.05) is 33.2 Å². The summed E-state index contributed by atoms with van der Waals surface area (Å²) in [6, 6.07) is 0. The van der Waals surface area contributed by atoms with Crippen LogP contribution in [0.2, 0.25) is 0 Å². The van der Waals surface area contributed by atoms with Crippen LogP contribution < -0.4 is 5.32 Å². The summed E-state index contributed by atoms with van der Waals surface area (Å²) in [4.78, 5) is 2.61. The standard InChI is InChI=1S/C15H32N2O/c1-4-6-10-17(11-7-5-2)13-15-9-8-14(18-15)12-16-3/h14-16H,4-13H2,1-3H3. The molecule has 0 amide bonds. The van der Waals surface area contributed by atoms with E-state index >= 15 is 0 Å². The quantitative estimate of drug-likeness (QED) is 0.650. The van der Waals surface area contributed by atoms with E-state index in [4.69, 9.17) is 4.74 Å². The van der Waals surface area contributed by atoms with Crippen molar-refractivity contribution in [2.45, 2.75) is 64.6 Å². The molecule has 1 aliphatic heterocycles. The number of nitrogens with zero attached hydrogens (tertiary/aromatic N) is 1. The molecule has 0 aromatic heterocycles. The molecule has 1 heterocycles. The van der Waals surface area contributed by atoms with Crippen LogP contribution in [0, 0.1) is 0 Å². The van der Waals surface area contributed by atoms with Crippen molar-refractivity contribution in [1.29, 1.82) is 0 Å². The van der Waals surface area contributed by atoms with Crippen LogP contribution in [0.3, 0.4) is 0 Å². The molecule has 0 aromatic carbocycles. The Morgan fingerprint density at radius 2 is 1.67 bits per heavy atom. The Hall–Kier alpha value is -0.120. The lowest BCUT2D eigenvalue weighted by Gasteiger charge is -2.25. The molecule has 0 spiro atoms. The summed E-state index contributed by atoms with van der Waals surface area (Å²) in [6.07, 6.45) is 8.58. The van der Waals surface area contributed by atoms with Crippen LogP contribution in [0.1, 0.15) is 52.4 Å². The van der Waals surface area contributed by atoms with E-state index in [-0.39, 0.29) is 0 Å². The van der Waals surface area contributed by atoms with E-state index in [0.29, 0.717) is 12.2 Å². The molecule has 0 radical (unpaired) electrons. The van der Waals surface area contributed by atoms with Gasteiger partial charge in [0.15, 0.2) is 0 Å². The van der Waals surface area contributed by atoms with Crippen LogP contribution in [-0.4, -0.2) is 50.3 Å². The summed E-state index contributed by atoms with van der Waals surface area (Å²) in [5, 5.41) is 3.21. The van der Waals surface area contributed by atoms with E-state index in [9.17, 15) is 0 Å². The number of rotatable bonds is 10. The summed E-state index contributed by atoms with van der Waals surface area (Å²) in [5.41, 5.74) is 0. The van der Waals surface area contributed by atoms with E-state index in [1.807, 2.05) is 7.05 Å². The zero-order chi connectivity index (χ0) is 13.2. The van der Waals surface area contributed by atoms with Crippen molar-refractivity contribution in [1.82, 2.24) is 10.2 Å². The highest BCUT2D eigenvalue weighted by Crippen LogP contribution is 2.20. The minimum absolute atomic E-state index is 0.444. The van der Waals surface area contributed by atoms with E-state index in [1.165, 1.54) is 51.6 Å². The minimum Gasteiger partial charge on any atom is -0.372 e. The van der Waals surface area contributed by atoms with Gasteiger partial charge in [-0.05, 0) is 45.8 Å².